The fourth-order valence-corrected chi connectivity index (χ4v) is 2.76. The summed E-state index contributed by atoms with van der Waals surface area (Å²) in [6.07, 6.45) is 2.41. The number of hydrogen-bond donors (Lipinski definition) is 1. The molecule has 0 unspecified atom stereocenters. The van der Waals surface area contributed by atoms with Crippen molar-refractivity contribution in [2.75, 3.05) is 13.1 Å². The molecule has 2 aromatic heterocycles. The van der Waals surface area contributed by atoms with Gasteiger partial charge in [0.05, 0.1) is 10.5 Å². The van der Waals surface area contributed by atoms with Crippen molar-refractivity contribution in [3.05, 3.63) is 47.5 Å². The Kier molecular flexibility index (Phi) is 4.33. The fourth-order valence-electron chi connectivity index (χ4n) is 2.59. The summed E-state index contributed by atoms with van der Waals surface area (Å²) in [5.41, 5.74) is 1.08. The molecule has 0 amide bonds. The van der Waals surface area contributed by atoms with Crippen LogP contribution in [0.4, 0.5) is 4.39 Å². The summed E-state index contributed by atoms with van der Waals surface area (Å²) in [6.45, 7) is 1.73. The summed E-state index contributed by atoms with van der Waals surface area (Å²) in [7, 11) is 0. The third kappa shape index (κ3) is 3.47. The van der Waals surface area contributed by atoms with Gasteiger partial charge in [-0.25, -0.2) is 14.4 Å². The van der Waals surface area contributed by atoms with E-state index < -0.39 is 5.82 Å². The molecule has 8 heteroatoms. The Labute approximate surface area is 148 Å². The second-order valence-electron chi connectivity index (χ2n) is 5.61. The van der Waals surface area contributed by atoms with E-state index in [-0.39, 0.29) is 17.0 Å². The van der Waals surface area contributed by atoms with Gasteiger partial charge in [-0.1, -0.05) is 11.6 Å². The third-order valence-corrected chi connectivity index (χ3v) is 4.12. The van der Waals surface area contributed by atoms with Gasteiger partial charge in [-0.15, -0.1) is 0 Å². The van der Waals surface area contributed by atoms with Crippen LogP contribution in [0.2, 0.25) is 5.02 Å². The zero-order chi connectivity index (χ0) is 17.2. The number of rotatable bonds is 4. The molecule has 25 heavy (non-hydrogen) atoms. The molecule has 1 atom stereocenters. The van der Waals surface area contributed by atoms with Crippen LogP contribution in [0.25, 0.3) is 11.0 Å². The van der Waals surface area contributed by atoms with Gasteiger partial charge in [0.1, 0.15) is 24.0 Å². The van der Waals surface area contributed by atoms with Crippen LogP contribution in [0.3, 0.4) is 0 Å². The van der Waals surface area contributed by atoms with Gasteiger partial charge in [-0.05, 0) is 31.2 Å². The molecule has 128 valence electrons. The predicted octanol–water partition coefficient (Wildman–Crippen LogP) is 3.35. The molecule has 1 aliphatic rings. The first-order valence-electron chi connectivity index (χ1n) is 7.81. The predicted molar refractivity (Wildman–Crippen MR) is 90.7 cm³/mol. The van der Waals surface area contributed by atoms with Crippen LogP contribution in [-0.4, -0.2) is 34.1 Å². The molecule has 0 radical (unpaired) electrons. The Morgan fingerprint density at radius 2 is 2.12 bits per heavy atom. The summed E-state index contributed by atoms with van der Waals surface area (Å²) < 4.78 is 24.9. The topological polar surface area (TPSA) is 69.2 Å². The van der Waals surface area contributed by atoms with E-state index in [1.165, 1.54) is 24.5 Å². The summed E-state index contributed by atoms with van der Waals surface area (Å²) in [6, 6.07) is 7.66. The summed E-state index contributed by atoms with van der Waals surface area (Å²) >= 11 is 5.79. The Bertz CT molecular complexity index is 918. The van der Waals surface area contributed by atoms with Crippen molar-refractivity contribution < 1.29 is 13.9 Å². The van der Waals surface area contributed by atoms with E-state index in [9.17, 15) is 4.39 Å². The van der Waals surface area contributed by atoms with Crippen molar-refractivity contribution in [2.24, 2.45) is 0 Å². The Morgan fingerprint density at radius 3 is 2.92 bits per heavy atom. The van der Waals surface area contributed by atoms with Gasteiger partial charge in [0.15, 0.2) is 5.52 Å². The summed E-state index contributed by atoms with van der Waals surface area (Å²) in [5, 5.41) is 3.21. The number of hydrogen-bond acceptors (Lipinski definition) is 6. The van der Waals surface area contributed by atoms with Gasteiger partial charge in [0.2, 0.25) is 11.8 Å². The highest BCUT2D eigenvalue weighted by atomic mass is 35.5. The monoisotopic (exact) mass is 360 g/mol. The molecule has 1 N–H and O–H groups in total. The van der Waals surface area contributed by atoms with Crippen molar-refractivity contribution in [3.63, 3.8) is 0 Å². The number of fused-ring (bicyclic) bond motifs is 1. The molecule has 1 aliphatic heterocycles. The van der Waals surface area contributed by atoms with Crippen LogP contribution in [0.15, 0.2) is 36.7 Å². The minimum absolute atomic E-state index is 0.0263. The number of nitrogens with one attached hydrogen (secondary N) is 1. The Morgan fingerprint density at radius 1 is 1.20 bits per heavy atom. The SMILES string of the molecule is Fc1ccc(Oc2ncnc3ccc(O[C@H]4CCNC4)nc23)cc1Cl. The summed E-state index contributed by atoms with van der Waals surface area (Å²) in [4.78, 5) is 12.8. The van der Waals surface area contributed by atoms with Gasteiger partial charge in [0, 0.05) is 18.7 Å². The van der Waals surface area contributed by atoms with Crippen LogP contribution in [0, 0.1) is 5.82 Å². The number of pyridine rings is 1. The van der Waals surface area contributed by atoms with E-state index in [4.69, 9.17) is 21.1 Å². The summed E-state index contributed by atoms with van der Waals surface area (Å²) in [5.74, 6) is 0.584. The van der Waals surface area contributed by atoms with E-state index in [0.717, 1.165) is 19.5 Å². The van der Waals surface area contributed by atoms with E-state index in [2.05, 4.69) is 20.3 Å². The molecule has 1 fully saturated rings. The number of nitrogens with zero attached hydrogens (tertiary/aromatic N) is 3. The Hall–Kier alpha value is -2.51. The maximum atomic E-state index is 13.3. The molecule has 0 spiro atoms. The van der Waals surface area contributed by atoms with Crippen LogP contribution < -0.4 is 14.8 Å². The quantitative estimate of drug-likeness (QED) is 0.769. The lowest BCUT2D eigenvalue weighted by Gasteiger charge is -2.12. The molecule has 3 aromatic rings. The molecule has 6 nitrogen and oxygen atoms in total. The van der Waals surface area contributed by atoms with Gasteiger partial charge in [-0.2, -0.15) is 4.98 Å². The smallest absolute Gasteiger partial charge is 0.249 e. The molecule has 0 saturated carbocycles. The highest BCUT2D eigenvalue weighted by molar-refractivity contribution is 6.30. The normalized spacial score (nSPS) is 17.0. The fraction of sp³-hybridized carbons (Fsp3) is 0.235. The van der Waals surface area contributed by atoms with Crippen LogP contribution in [0.5, 0.6) is 17.5 Å². The van der Waals surface area contributed by atoms with Crippen molar-refractivity contribution >= 4 is 22.6 Å². The molecule has 0 aliphatic carbocycles. The zero-order valence-electron chi connectivity index (χ0n) is 13.1. The van der Waals surface area contributed by atoms with Crippen LogP contribution in [-0.2, 0) is 0 Å². The van der Waals surface area contributed by atoms with Gasteiger partial charge >= 0.3 is 0 Å². The lowest BCUT2D eigenvalue weighted by Crippen LogP contribution is -2.20. The molecular weight excluding hydrogens is 347 g/mol. The van der Waals surface area contributed by atoms with Crippen molar-refractivity contribution in [1.29, 1.82) is 0 Å². The maximum Gasteiger partial charge on any atom is 0.249 e. The van der Waals surface area contributed by atoms with E-state index in [0.29, 0.717) is 22.7 Å². The minimum Gasteiger partial charge on any atom is -0.473 e. The van der Waals surface area contributed by atoms with E-state index in [1.807, 2.05) is 0 Å². The molecular formula is C17H14ClFN4O2. The van der Waals surface area contributed by atoms with Gasteiger partial charge in [-0.3, -0.25) is 0 Å². The van der Waals surface area contributed by atoms with Crippen molar-refractivity contribution in [3.8, 4) is 17.5 Å². The molecule has 1 aromatic carbocycles. The highest BCUT2D eigenvalue weighted by Crippen LogP contribution is 2.29. The van der Waals surface area contributed by atoms with Gasteiger partial charge in [0.25, 0.3) is 0 Å². The number of benzene rings is 1. The highest BCUT2D eigenvalue weighted by Gasteiger charge is 2.17. The average molecular weight is 361 g/mol. The number of ether oxygens (including phenoxy) is 2. The maximum absolute atomic E-state index is 13.3. The van der Waals surface area contributed by atoms with E-state index >= 15 is 0 Å². The largest absolute Gasteiger partial charge is 0.473 e. The first-order valence-corrected chi connectivity index (χ1v) is 8.19. The molecule has 0 bridgehead atoms. The standard InChI is InChI=1S/C17H14ClFN4O2/c18-12-7-10(1-2-13(12)19)25-17-16-14(21-9-22-17)3-4-15(23-16)24-11-5-6-20-8-11/h1-4,7,9,11,20H,5-6,8H2/t11-/m0/s1. The molecule has 3 heterocycles. The second kappa shape index (κ2) is 6.78. The lowest BCUT2D eigenvalue weighted by atomic mass is 10.3. The Balaban J connectivity index is 1.66. The minimum atomic E-state index is -0.513. The van der Waals surface area contributed by atoms with Crippen molar-refractivity contribution in [2.45, 2.75) is 12.5 Å². The number of aromatic nitrogens is 3. The first-order chi connectivity index (χ1) is 12.2. The average Bonchev–Trinajstić information content (AvgIpc) is 3.12. The van der Waals surface area contributed by atoms with Crippen LogP contribution >= 0.6 is 11.6 Å². The number of halogens is 2. The third-order valence-electron chi connectivity index (χ3n) is 3.83. The first kappa shape index (κ1) is 16.0. The second-order valence-corrected chi connectivity index (χ2v) is 6.01. The van der Waals surface area contributed by atoms with Crippen LogP contribution in [0.1, 0.15) is 6.42 Å². The van der Waals surface area contributed by atoms with Crippen molar-refractivity contribution in [1.82, 2.24) is 20.3 Å². The van der Waals surface area contributed by atoms with E-state index in [1.54, 1.807) is 12.1 Å². The molecule has 1 saturated heterocycles. The zero-order valence-corrected chi connectivity index (χ0v) is 13.8. The van der Waals surface area contributed by atoms with Gasteiger partial charge < -0.3 is 14.8 Å². The molecule has 4 rings (SSSR count). The lowest BCUT2D eigenvalue weighted by molar-refractivity contribution is 0.214.